The molecule has 1 aliphatic rings. The monoisotopic (exact) mass is 518 g/mol. The summed E-state index contributed by atoms with van der Waals surface area (Å²) in [5.74, 6) is 0.110. The Balaban J connectivity index is 1.66. The summed E-state index contributed by atoms with van der Waals surface area (Å²) in [6, 6.07) is 5.10. The predicted molar refractivity (Wildman–Crippen MR) is 115 cm³/mol. The van der Waals surface area contributed by atoms with E-state index in [4.69, 9.17) is 16.9 Å². The molecule has 34 heavy (non-hydrogen) atoms. The molecule has 0 bridgehead atoms. The molecule has 1 fully saturated rings. The molecule has 0 spiro atoms. The van der Waals surface area contributed by atoms with E-state index in [0.717, 1.165) is 18.9 Å². The highest BCUT2D eigenvalue weighted by molar-refractivity contribution is 8.45. The quantitative estimate of drug-likeness (QED) is 0.391. The standard InChI is InChI=1S/C20H16ClF5N6OS/c1-11(29-20(33)14-6-15(21)8-16(7-14)34(22,23,24,25)26)19-30-18(13-3-4-13)31-32(19)17-5-2-12(9-27)10-28-17/h2,5-8,10-11,13H,3-4H2,1H3,(H,29,33)/t11-/m0/s1. The fraction of sp³-hybridized carbons (Fsp3) is 0.250. The van der Waals surface area contributed by atoms with Crippen LogP contribution in [0.15, 0.2) is 41.4 Å². The molecule has 2 aromatic heterocycles. The molecule has 7 nitrogen and oxygen atoms in total. The highest BCUT2D eigenvalue weighted by Gasteiger charge is 2.65. The van der Waals surface area contributed by atoms with Crippen LogP contribution in [0.3, 0.4) is 0 Å². The van der Waals surface area contributed by atoms with Crippen molar-refractivity contribution in [3.8, 4) is 11.9 Å². The number of nitrogens with one attached hydrogen (secondary N) is 1. The molecular weight excluding hydrogens is 503 g/mol. The lowest BCUT2D eigenvalue weighted by Crippen LogP contribution is -2.29. The third-order valence-corrected chi connectivity index (χ3v) is 6.34. The van der Waals surface area contributed by atoms with Crippen molar-refractivity contribution in [1.29, 1.82) is 5.26 Å². The number of hydrogen-bond acceptors (Lipinski definition) is 5. The summed E-state index contributed by atoms with van der Waals surface area (Å²) in [5.41, 5.74) is -0.373. The zero-order valence-electron chi connectivity index (χ0n) is 17.4. The summed E-state index contributed by atoms with van der Waals surface area (Å²) in [6.07, 6.45) is 3.09. The van der Waals surface area contributed by atoms with E-state index < -0.39 is 37.7 Å². The van der Waals surface area contributed by atoms with Gasteiger partial charge in [0.25, 0.3) is 5.91 Å². The van der Waals surface area contributed by atoms with Crippen molar-refractivity contribution < 1.29 is 24.2 Å². The number of carbonyl (C=O) groups is 1. The Hall–Kier alpha value is -3.24. The number of halogens is 6. The lowest BCUT2D eigenvalue weighted by molar-refractivity contribution is 0.0937. The van der Waals surface area contributed by atoms with Gasteiger partial charge >= 0.3 is 10.2 Å². The average molecular weight is 519 g/mol. The number of nitrogens with zero attached hydrogens (tertiary/aromatic N) is 5. The van der Waals surface area contributed by atoms with Crippen LogP contribution >= 0.6 is 21.8 Å². The summed E-state index contributed by atoms with van der Waals surface area (Å²) in [4.78, 5) is 19.0. The van der Waals surface area contributed by atoms with Gasteiger partial charge in [-0.15, -0.1) is 5.10 Å². The third kappa shape index (κ3) is 5.13. The fourth-order valence-electron chi connectivity index (χ4n) is 3.14. The van der Waals surface area contributed by atoms with Crippen molar-refractivity contribution in [3.05, 3.63) is 64.3 Å². The first kappa shape index (κ1) is 23.9. The molecule has 14 heteroatoms. The lowest BCUT2D eigenvalue weighted by atomic mass is 10.2. The Morgan fingerprint density at radius 3 is 2.50 bits per heavy atom. The predicted octanol–water partition coefficient (Wildman–Crippen LogP) is 6.21. The fourth-order valence-corrected chi connectivity index (χ4v) is 4.14. The van der Waals surface area contributed by atoms with Gasteiger partial charge in [-0.25, -0.2) is 9.97 Å². The lowest BCUT2D eigenvalue weighted by Gasteiger charge is -2.40. The second kappa shape index (κ2) is 7.38. The molecule has 1 aromatic carbocycles. The SMILES string of the molecule is C[C@H](NC(=O)c1cc(Cl)cc(S(F)(F)(F)(F)F)c1)c1nc(C2CC2)nn1-c1ccc(C#N)cn1. The highest BCUT2D eigenvalue weighted by Crippen LogP contribution is 3.02. The summed E-state index contributed by atoms with van der Waals surface area (Å²) >= 11 is 5.60. The third-order valence-electron chi connectivity index (χ3n) is 5.00. The molecule has 1 amide bonds. The van der Waals surface area contributed by atoms with Crippen molar-refractivity contribution in [3.63, 3.8) is 0 Å². The zero-order valence-corrected chi connectivity index (χ0v) is 18.9. The van der Waals surface area contributed by atoms with Gasteiger partial charge < -0.3 is 5.32 Å². The first-order chi connectivity index (χ1) is 15.6. The van der Waals surface area contributed by atoms with Gasteiger partial charge in [0.2, 0.25) is 0 Å². The molecule has 0 saturated heterocycles. The Bertz CT molecular complexity index is 1330. The van der Waals surface area contributed by atoms with E-state index in [2.05, 4.69) is 20.4 Å². The van der Waals surface area contributed by atoms with Crippen molar-refractivity contribution in [2.24, 2.45) is 0 Å². The number of hydrogen-bond donors (Lipinski definition) is 1. The molecule has 2 heterocycles. The maximum Gasteiger partial charge on any atom is 0.310 e. The van der Waals surface area contributed by atoms with E-state index in [-0.39, 0.29) is 23.9 Å². The molecule has 3 aromatic rings. The summed E-state index contributed by atoms with van der Waals surface area (Å²) in [6.45, 7) is 1.51. The van der Waals surface area contributed by atoms with Crippen LogP contribution in [0, 0.1) is 11.3 Å². The Morgan fingerprint density at radius 2 is 1.94 bits per heavy atom. The van der Waals surface area contributed by atoms with Crippen molar-refractivity contribution in [2.45, 2.75) is 36.6 Å². The highest BCUT2D eigenvalue weighted by atomic mass is 35.5. The normalized spacial score (nSPS) is 16.8. The van der Waals surface area contributed by atoms with Gasteiger partial charge in [0.15, 0.2) is 17.5 Å². The number of aromatic nitrogens is 4. The number of amides is 1. The molecule has 180 valence electrons. The van der Waals surface area contributed by atoms with Crippen molar-refractivity contribution in [1.82, 2.24) is 25.1 Å². The maximum atomic E-state index is 13.2. The minimum absolute atomic E-state index is 0.0675. The minimum atomic E-state index is -10.1. The molecule has 1 saturated carbocycles. The van der Waals surface area contributed by atoms with Crippen LogP contribution in [0.25, 0.3) is 5.82 Å². The van der Waals surface area contributed by atoms with Gasteiger partial charge in [0.1, 0.15) is 11.0 Å². The number of rotatable bonds is 6. The van der Waals surface area contributed by atoms with Gasteiger partial charge in [-0.1, -0.05) is 31.0 Å². The van der Waals surface area contributed by atoms with E-state index in [1.54, 1.807) is 0 Å². The van der Waals surface area contributed by atoms with Gasteiger partial charge in [0.05, 0.1) is 11.6 Å². The summed E-state index contributed by atoms with van der Waals surface area (Å²) in [7, 11) is -10.1. The van der Waals surface area contributed by atoms with Crippen LogP contribution in [-0.4, -0.2) is 25.7 Å². The first-order valence-corrected chi connectivity index (χ1v) is 12.2. The molecule has 1 aliphatic carbocycles. The van der Waals surface area contributed by atoms with Crippen LogP contribution in [0.2, 0.25) is 5.02 Å². The second-order valence-electron chi connectivity index (χ2n) is 7.87. The largest absolute Gasteiger partial charge is 0.342 e. The Kier molecular flexibility index (Phi) is 5.19. The van der Waals surface area contributed by atoms with E-state index in [1.807, 2.05) is 6.07 Å². The van der Waals surface area contributed by atoms with Crippen LogP contribution in [0.1, 0.15) is 59.3 Å². The number of pyridine rings is 1. The number of benzene rings is 1. The van der Waals surface area contributed by atoms with Gasteiger partial charge in [-0.2, -0.15) is 9.94 Å². The van der Waals surface area contributed by atoms with Gasteiger partial charge in [-0.3, -0.25) is 4.79 Å². The van der Waals surface area contributed by atoms with E-state index in [9.17, 15) is 24.2 Å². The molecular formula is C20H16ClF5N6OS. The molecule has 1 N–H and O–H groups in total. The van der Waals surface area contributed by atoms with E-state index in [0.29, 0.717) is 17.2 Å². The number of nitriles is 1. The van der Waals surface area contributed by atoms with Gasteiger partial charge in [0, 0.05) is 22.7 Å². The van der Waals surface area contributed by atoms with E-state index >= 15 is 0 Å². The van der Waals surface area contributed by atoms with Crippen molar-refractivity contribution >= 4 is 27.7 Å². The zero-order chi connectivity index (χ0) is 25.0. The molecule has 0 radical (unpaired) electrons. The van der Waals surface area contributed by atoms with Gasteiger partial charge in [-0.05, 0) is 50.1 Å². The Morgan fingerprint density at radius 1 is 1.24 bits per heavy atom. The molecule has 0 unspecified atom stereocenters. The minimum Gasteiger partial charge on any atom is -0.342 e. The first-order valence-electron chi connectivity index (χ1n) is 9.83. The van der Waals surface area contributed by atoms with Crippen LogP contribution < -0.4 is 5.32 Å². The molecule has 4 rings (SSSR count). The van der Waals surface area contributed by atoms with Crippen LogP contribution in [0.5, 0.6) is 0 Å². The molecule has 1 atom stereocenters. The Labute approximate surface area is 195 Å². The van der Waals surface area contributed by atoms with E-state index in [1.165, 1.54) is 29.9 Å². The van der Waals surface area contributed by atoms with Crippen LogP contribution in [0.4, 0.5) is 19.4 Å². The smallest absolute Gasteiger partial charge is 0.310 e. The maximum absolute atomic E-state index is 13.2. The topological polar surface area (TPSA) is 96.5 Å². The average Bonchev–Trinajstić information content (AvgIpc) is 3.50. The summed E-state index contributed by atoms with van der Waals surface area (Å²) < 4.78 is 67.6. The second-order valence-corrected chi connectivity index (χ2v) is 10.7. The molecule has 0 aliphatic heterocycles. The van der Waals surface area contributed by atoms with Crippen molar-refractivity contribution in [2.75, 3.05) is 0 Å². The summed E-state index contributed by atoms with van der Waals surface area (Å²) in [5, 5.41) is 15.2. The number of carbonyl (C=O) groups excluding carboxylic acids is 1. The van der Waals surface area contributed by atoms with Crippen LogP contribution in [-0.2, 0) is 0 Å².